The Labute approximate surface area is 368 Å². The standard InChI is InChI=1S/C48H60N8O7/c1-8-53-39-14-13-30-23-34(39)35(42(53)33-11-9-15-49-40(33)27(2)3)24-48(6,7)26-63-46(61)36-12-10-16-56(52-36)45(60)37(21-29-19-31(30)22-32(57)20-29)51-43(58)41(28(4)5)54-17-18-55(47(54)62)44(59)38-25-50-38/h9,11,13-15,19-20,22-23,27-28,36-38,41,50,52,57H,8,10,12,16-18,21,24-26H2,1-7H3,(H,51,58)/t36-,37-,38+,41-/m0/s1. The zero-order chi connectivity index (χ0) is 44.9. The number of aromatic nitrogens is 2. The van der Waals surface area contributed by atoms with Crippen molar-refractivity contribution in [2.24, 2.45) is 11.3 Å². The zero-order valence-corrected chi connectivity index (χ0v) is 37.4. The Kier molecular flexibility index (Phi) is 12.1. The predicted molar refractivity (Wildman–Crippen MR) is 238 cm³/mol. The van der Waals surface area contributed by atoms with Crippen LogP contribution in [-0.4, -0.2) is 116 Å². The molecule has 4 aromatic rings. The third-order valence-electron chi connectivity index (χ3n) is 12.7. The summed E-state index contributed by atoms with van der Waals surface area (Å²) >= 11 is 0. The number of rotatable bonds is 8. The highest BCUT2D eigenvalue weighted by Gasteiger charge is 2.46. The van der Waals surface area contributed by atoms with Crippen molar-refractivity contribution in [2.45, 2.75) is 111 Å². The number of cyclic esters (lactones) is 1. The van der Waals surface area contributed by atoms with Crippen LogP contribution in [0, 0.1) is 11.3 Å². The first kappa shape index (κ1) is 43.8. The van der Waals surface area contributed by atoms with E-state index in [-0.39, 0.29) is 56.2 Å². The Balaban J connectivity index is 1.21. The summed E-state index contributed by atoms with van der Waals surface area (Å²) in [5.74, 6) is -2.01. The van der Waals surface area contributed by atoms with E-state index in [1.807, 2.05) is 38.2 Å². The number of pyridine rings is 1. The summed E-state index contributed by atoms with van der Waals surface area (Å²) in [7, 11) is 0. The highest BCUT2D eigenvalue weighted by atomic mass is 16.5. The lowest BCUT2D eigenvalue weighted by molar-refractivity contribution is -0.155. The number of imide groups is 1. The fraction of sp³-hybridized carbons (Fsp3) is 0.500. The number of hydrogen-bond acceptors (Lipinski definition) is 10. The van der Waals surface area contributed by atoms with Gasteiger partial charge in [-0.3, -0.25) is 34.1 Å². The van der Waals surface area contributed by atoms with Crippen LogP contribution in [0.1, 0.15) is 84.0 Å². The molecular formula is C48H60N8O7. The molecule has 15 heteroatoms. The summed E-state index contributed by atoms with van der Waals surface area (Å²) in [6.07, 6.45) is 3.37. The second kappa shape index (κ2) is 17.4. The Hall–Kier alpha value is -5.80. The molecule has 2 aromatic carbocycles. The number of fused-ring (bicyclic) bond motifs is 6. The van der Waals surface area contributed by atoms with E-state index < -0.39 is 53.4 Å². The second-order valence-electron chi connectivity index (χ2n) is 18.9. The van der Waals surface area contributed by atoms with Crippen LogP contribution in [0.15, 0.2) is 54.7 Å². The third-order valence-corrected chi connectivity index (χ3v) is 12.7. The van der Waals surface area contributed by atoms with E-state index in [4.69, 9.17) is 9.72 Å². The number of nitrogens with zero attached hydrogens (tertiary/aromatic N) is 5. The van der Waals surface area contributed by atoms with Gasteiger partial charge in [0.05, 0.1) is 18.0 Å². The van der Waals surface area contributed by atoms with E-state index in [2.05, 4.69) is 73.4 Å². The first-order chi connectivity index (χ1) is 30.0. The maximum atomic E-state index is 14.7. The fourth-order valence-electron chi connectivity index (χ4n) is 9.59. The molecule has 4 aliphatic heterocycles. The van der Waals surface area contributed by atoms with Crippen molar-refractivity contribution in [1.82, 2.24) is 40.4 Å². The number of phenols is 1. The normalized spacial score (nSPS) is 22.1. The highest BCUT2D eigenvalue weighted by Crippen LogP contribution is 2.42. The Morgan fingerprint density at radius 2 is 1.79 bits per heavy atom. The van der Waals surface area contributed by atoms with Crippen LogP contribution < -0.4 is 16.1 Å². The van der Waals surface area contributed by atoms with E-state index in [1.165, 1.54) is 14.8 Å². The van der Waals surface area contributed by atoms with Crippen molar-refractivity contribution in [3.63, 3.8) is 0 Å². The van der Waals surface area contributed by atoms with Crippen LogP contribution in [0.2, 0.25) is 0 Å². The van der Waals surface area contributed by atoms with E-state index in [1.54, 1.807) is 12.1 Å². The number of esters is 1. The number of aromatic hydroxyl groups is 1. The number of nitrogens with one attached hydrogen (secondary N) is 3. The molecule has 6 bridgehead atoms. The molecule has 0 saturated carbocycles. The summed E-state index contributed by atoms with van der Waals surface area (Å²) in [5.41, 5.74) is 10.0. The monoisotopic (exact) mass is 860 g/mol. The number of hydrogen-bond donors (Lipinski definition) is 4. The lowest BCUT2D eigenvalue weighted by Gasteiger charge is -2.36. The number of carbonyl (C=O) groups is 5. The van der Waals surface area contributed by atoms with Crippen LogP contribution >= 0.6 is 0 Å². The molecule has 8 rings (SSSR count). The number of benzene rings is 2. The SMILES string of the molecule is CCn1c(-c2cccnc2C(C)C)c2c3cc(ccc31)-c1cc(O)cc(c1)C[C@H](NC(=O)[C@H](C(C)C)N1CCN(C(=O)[C@H]3CN3)C1=O)C(=O)N1CCC[C@H](N1)C(=O)OCC(C)(C)C2. The largest absolute Gasteiger partial charge is 0.508 e. The van der Waals surface area contributed by atoms with Crippen molar-refractivity contribution in [1.29, 1.82) is 0 Å². The summed E-state index contributed by atoms with van der Waals surface area (Å²) in [4.78, 5) is 76.9. The number of hydrazine groups is 1. The maximum Gasteiger partial charge on any atom is 0.327 e. The van der Waals surface area contributed by atoms with Gasteiger partial charge >= 0.3 is 12.0 Å². The summed E-state index contributed by atoms with van der Waals surface area (Å²) in [6, 6.07) is 11.7. The third kappa shape index (κ3) is 8.77. The van der Waals surface area contributed by atoms with Crippen LogP contribution in [0.4, 0.5) is 4.79 Å². The first-order valence-corrected chi connectivity index (χ1v) is 22.4. The van der Waals surface area contributed by atoms with Crippen molar-refractivity contribution in [3.8, 4) is 28.1 Å². The zero-order valence-electron chi connectivity index (χ0n) is 37.4. The van der Waals surface area contributed by atoms with Gasteiger partial charge in [0.1, 0.15) is 29.9 Å². The summed E-state index contributed by atoms with van der Waals surface area (Å²) in [5, 5.41) is 19.6. The van der Waals surface area contributed by atoms with Crippen molar-refractivity contribution >= 4 is 40.6 Å². The molecule has 3 fully saturated rings. The Morgan fingerprint density at radius 1 is 1.02 bits per heavy atom. The molecule has 0 radical (unpaired) electrons. The lowest BCUT2D eigenvalue weighted by atomic mass is 9.83. The second-order valence-corrected chi connectivity index (χ2v) is 18.9. The van der Waals surface area contributed by atoms with Gasteiger partial charge in [0.2, 0.25) is 11.8 Å². The minimum Gasteiger partial charge on any atom is -0.508 e. The van der Waals surface area contributed by atoms with Gasteiger partial charge in [-0.25, -0.2) is 10.2 Å². The predicted octanol–water partition coefficient (Wildman–Crippen LogP) is 5.13. The van der Waals surface area contributed by atoms with E-state index in [0.717, 1.165) is 44.5 Å². The summed E-state index contributed by atoms with van der Waals surface area (Å²) in [6.45, 7) is 16.2. The van der Waals surface area contributed by atoms with Gasteiger partial charge in [-0.05, 0) is 96.7 Å². The van der Waals surface area contributed by atoms with E-state index in [9.17, 15) is 29.1 Å². The fourth-order valence-corrected chi connectivity index (χ4v) is 9.59. The van der Waals surface area contributed by atoms with Gasteiger partial charge in [0.25, 0.3) is 5.91 Å². The molecule has 4 atom stereocenters. The molecule has 2 aromatic heterocycles. The Morgan fingerprint density at radius 3 is 2.51 bits per heavy atom. The minimum atomic E-state index is -1.16. The molecule has 334 valence electrons. The molecule has 5 amide bonds. The maximum absolute atomic E-state index is 14.7. The smallest absolute Gasteiger partial charge is 0.327 e. The van der Waals surface area contributed by atoms with E-state index >= 15 is 0 Å². The minimum absolute atomic E-state index is 0.00354. The van der Waals surface area contributed by atoms with Gasteiger partial charge in [-0.15, -0.1) is 0 Å². The summed E-state index contributed by atoms with van der Waals surface area (Å²) < 4.78 is 8.43. The van der Waals surface area contributed by atoms with Gasteiger partial charge in [-0.1, -0.05) is 53.7 Å². The molecule has 3 saturated heterocycles. The average molecular weight is 861 g/mol. The lowest BCUT2D eigenvalue weighted by Crippen LogP contribution is -2.62. The number of carbonyl (C=O) groups excluding carboxylic acids is 5. The molecule has 6 heterocycles. The average Bonchev–Trinajstić information content (AvgIpc) is 3.98. The van der Waals surface area contributed by atoms with Crippen molar-refractivity contribution in [3.05, 3.63) is 71.5 Å². The Bertz CT molecular complexity index is 2460. The van der Waals surface area contributed by atoms with Gasteiger partial charge in [0.15, 0.2) is 0 Å². The molecule has 0 unspecified atom stereocenters. The molecular weight excluding hydrogens is 801 g/mol. The molecule has 15 nitrogen and oxygen atoms in total. The van der Waals surface area contributed by atoms with Crippen LogP contribution in [-0.2, 0) is 43.3 Å². The number of phenolic OH excluding ortho intramolecular Hbond substituents is 1. The number of urea groups is 1. The highest BCUT2D eigenvalue weighted by molar-refractivity contribution is 6.02. The number of aryl methyl sites for hydroxylation is 1. The first-order valence-electron chi connectivity index (χ1n) is 22.4. The topological polar surface area (TPSA) is 188 Å². The van der Waals surface area contributed by atoms with Crippen LogP contribution in [0.25, 0.3) is 33.3 Å². The van der Waals surface area contributed by atoms with E-state index in [0.29, 0.717) is 37.9 Å². The number of ether oxygens (including phenoxy) is 1. The van der Waals surface area contributed by atoms with Gasteiger partial charge in [-0.2, -0.15) is 0 Å². The quantitative estimate of drug-likeness (QED) is 0.137. The van der Waals surface area contributed by atoms with Crippen molar-refractivity contribution in [2.75, 3.05) is 32.8 Å². The van der Waals surface area contributed by atoms with Crippen molar-refractivity contribution < 1.29 is 33.8 Å². The molecule has 4 N–H and O–H groups in total. The van der Waals surface area contributed by atoms with Gasteiger partial charge < -0.3 is 29.9 Å². The molecule has 0 aliphatic carbocycles. The molecule has 63 heavy (non-hydrogen) atoms. The van der Waals surface area contributed by atoms with Crippen LogP contribution in [0.5, 0.6) is 5.75 Å². The van der Waals surface area contributed by atoms with Crippen LogP contribution in [0.3, 0.4) is 0 Å². The molecule has 4 aliphatic rings. The number of amides is 5. The molecule has 0 spiro atoms. The van der Waals surface area contributed by atoms with Gasteiger partial charge in [0, 0.05) is 67.2 Å².